The second kappa shape index (κ2) is 7.09. The van der Waals surface area contributed by atoms with Gasteiger partial charge in [0.05, 0.1) is 0 Å². The van der Waals surface area contributed by atoms with Gasteiger partial charge in [0.1, 0.15) is 12.4 Å². The standard InChI is InChI=1S/C19H21F2NO/c1-13-5-6-15(18(21)11-13)12-23-19-16(3-2-4-17(19)20)14-7-9-22-10-8-14/h2-6,11,14,22H,7-10,12H2,1H3. The molecule has 3 rings (SSSR count). The topological polar surface area (TPSA) is 21.3 Å². The molecule has 0 unspecified atom stereocenters. The van der Waals surface area contributed by atoms with Gasteiger partial charge in [-0.25, -0.2) is 8.78 Å². The fraction of sp³-hybridized carbons (Fsp3) is 0.368. The van der Waals surface area contributed by atoms with Crippen LogP contribution in [-0.4, -0.2) is 13.1 Å². The first-order valence-electron chi connectivity index (χ1n) is 8.02. The van der Waals surface area contributed by atoms with E-state index in [0.29, 0.717) is 5.56 Å². The number of nitrogens with one attached hydrogen (secondary N) is 1. The van der Waals surface area contributed by atoms with Crippen molar-refractivity contribution in [2.24, 2.45) is 0 Å². The Kier molecular flexibility index (Phi) is 4.91. The summed E-state index contributed by atoms with van der Waals surface area (Å²) in [4.78, 5) is 0. The molecule has 4 heteroatoms. The fourth-order valence-corrected chi connectivity index (χ4v) is 3.05. The maximum Gasteiger partial charge on any atom is 0.165 e. The Morgan fingerprint density at radius 3 is 2.61 bits per heavy atom. The summed E-state index contributed by atoms with van der Waals surface area (Å²) >= 11 is 0. The maximum atomic E-state index is 14.2. The number of hydrogen-bond donors (Lipinski definition) is 1. The molecule has 2 aromatic rings. The lowest BCUT2D eigenvalue weighted by Gasteiger charge is -2.25. The van der Waals surface area contributed by atoms with Crippen LogP contribution < -0.4 is 10.1 Å². The zero-order valence-electron chi connectivity index (χ0n) is 13.2. The summed E-state index contributed by atoms with van der Waals surface area (Å²) in [6, 6.07) is 10.0. The van der Waals surface area contributed by atoms with Crippen LogP contribution in [0.15, 0.2) is 36.4 Å². The molecular weight excluding hydrogens is 296 g/mol. The smallest absolute Gasteiger partial charge is 0.165 e. The molecule has 0 amide bonds. The molecule has 1 N–H and O–H groups in total. The third-order valence-electron chi connectivity index (χ3n) is 4.36. The van der Waals surface area contributed by atoms with Gasteiger partial charge in [-0.15, -0.1) is 0 Å². The molecule has 0 bridgehead atoms. The Morgan fingerprint density at radius 2 is 1.87 bits per heavy atom. The van der Waals surface area contributed by atoms with Crippen molar-refractivity contribution in [3.8, 4) is 5.75 Å². The minimum Gasteiger partial charge on any atom is -0.485 e. The molecule has 0 atom stereocenters. The van der Waals surface area contributed by atoms with Crippen molar-refractivity contribution in [1.29, 1.82) is 0 Å². The molecule has 2 aromatic carbocycles. The largest absolute Gasteiger partial charge is 0.485 e. The van der Waals surface area contributed by atoms with Gasteiger partial charge in [0.2, 0.25) is 0 Å². The molecule has 0 aliphatic carbocycles. The molecule has 0 aromatic heterocycles. The van der Waals surface area contributed by atoms with Crippen molar-refractivity contribution in [2.45, 2.75) is 32.3 Å². The van der Waals surface area contributed by atoms with E-state index < -0.39 is 0 Å². The summed E-state index contributed by atoms with van der Waals surface area (Å²) in [5.41, 5.74) is 2.18. The molecule has 23 heavy (non-hydrogen) atoms. The van der Waals surface area contributed by atoms with Gasteiger partial charge in [-0.2, -0.15) is 0 Å². The quantitative estimate of drug-likeness (QED) is 0.907. The van der Waals surface area contributed by atoms with Gasteiger partial charge in [0.15, 0.2) is 11.6 Å². The molecule has 1 fully saturated rings. The van der Waals surface area contributed by atoms with E-state index in [1.807, 2.05) is 19.1 Å². The molecule has 1 aliphatic heterocycles. The first-order valence-corrected chi connectivity index (χ1v) is 8.02. The van der Waals surface area contributed by atoms with E-state index in [2.05, 4.69) is 5.32 Å². The predicted molar refractivity (Wildman–Crippen MR) is 86.7 cm³/mol. The lowest BCUT2D eigenvalue weighted by molar-refractivity contribution is 0.277. The first kappa shape index (κ1) is 15.9. The van der Waals surface area contributed by atoms with Crippen LogP contribution >= 0.6 is 0 Å². The monoisotopic (exact) mass is 317 g/mol. The van der Waals surface area contributed by atoms with Crippen LogP contribution in [0.2, 0.25) is 0 Å². The van der Waals surface area contributed by atoms with Gasteiger partial charge < -0.3 is 10.1 Å². The average Bonchev–Trinajstić information content (AvgIpc) is 2.56. The van der Waals surface area contributed by atoms with E-state index in [9.17, 15) is 8.78 Å². The predicted octanol–water partition coefficient (Wildman–Crippen LogP) is 4.32. The van der Waals surface area contributed by atoms with Crippen molar-refractivity contribution >= 4 is 0 Å². The highest BCUT2D eigenvalue weighted by atomic mass is 19.1. The highest BCUT2D eigenvalue weighted by molar-refractivity contribution is 5.38. The number of ether oxygens (including phenoxy) is 1. The number of halogens is 2. The number of aryl methyl sites for hydroxylation is 1. The minimum absolute atomic E-state index is 0.0328. The van der Waals surface area contributed by atoms with Crippen LogP contribution in [0.25, 0.3) is 0 Å². The normalized spacial score (nSPS) is 15.6. The van der Waals surface area contributed by atoms with Crippen molar-refractivity contribution in [3.63, 3.8) is 0 Å². The van der Waals surface area contributed by atoms with Crippen LogP contribution in [0.4, 0.5) is 8.78 Å². The van der Waals surface area contributed by atoms with E-state index in [1.54, 1.807) is 12.1 Å². The van der Waals surface area contributed by atoms with Gasteiger partial charge >= 0.3 is 0 Å². The Morgan fingerprint density at radius 1 is 1.09 bits per heavy atom. The van der Waals surface area contributed by atoms with Crippen molar-refractivity contribution in [1.82, 2.24) is 5.32 Å². The van der Waals surface area contributed by atoms with Gasteiger partial charge in [-0.3, -0.25) is 0 Å². The third-order valence-corrected chi connectivity index (χ3v) is 4.36. The van der Waals surface area contributed by atoms with Crippen molar-refractivity contribution in [3.05, 3.63) is 64.7 Å². The zero-order valence-corrected chi connectivity index (χ0v) is 13.2. The summed E-state index contributed by atoms with van der Waals surface area (Å²) < 4.78 is 33.9. The highest BCUT2D eigenvalue weighted by Gasteiger charge is 2.21. The second-order valence-electron chi connectivity index (χ2n) is 6.07. The molecule has 1 saturated heterocycles. The molecular formula is C19H21F2NO. The van der Waals surface area contributed by atoms with E-state index in [4.69, 9.17) is 4.74 Å². The summed E-state index contributed by atoms with van der Waals surface area (Å²) in [6.07, 6.45) is 1.91. The van der Waals surface area contributed by atoms with Crippen LogP contribution in [0.3, 0.4) is 0 Å². The minimum atomic E-state index is -0.381. The van der Waals surface area contributed by atoms with Crippen LogP contribution in [0, 0.1) is 18.6 Å². The first-order chi connectivity index (χ1) is 11.1. The third kappa shape index (κ3) is 3.70. The van der Waals surface area contributed by atoms with Crippen molar-refractivity contribution < 1.29 is 13.5 Å². The van der Waals surface area contributed by atoms with Gasteiger partial charge in [-0.05, 0) is 56.5 Å². The number of benzene rings is 2. The number of hydrogen-bond acceptors (Lipinski definition) is 2. The molecule has 0 radical (unpaired) electrons. The van der Waals surface area contributed by atoms with Crippen LogP contribution in [0.5, 0.6) is 5.75 Å². The Bertz CT molecular complexity index is 681. The number of rotatable bonds is 4. The molecule has 1 heterocycles. The van der Waals surface area contributed by atoms with E-state index in [-0.39, 0.29) is 29.9 Å². The van der Waals surface area contributed by atoms with Gasteiger partial charge in [-0.1, -0.05) is 24.3 Å². The SMILES string of the molecule is Cc1ccc(COc2c(F)cccc2C2CCNCC2)c(F)c1. The summed E-state index contributed by atoms with van der Waals surface area (Å²) in [7, 11) is 0. The summed E-state index contributed by atoms with van der Waals surface area (Å²) in [5, 5.41) is 3.30. The molecule has 1 aliphatic rings. The fourth-order valence-electron chi connectivity index (χ4n) is 3.05. The number of para-hydroxylation sites is 1. The number of piperidine rings is 1. The molecule has 2 nitrogen and oxygen atoms in total. The second-order valence-corrected chi connectivity index (χ2v) is 6.07. The van der Waals surface area contributed by atoms with E-state index in [1.165, 1.54) is 12.1 Å². The molecule has 0 saturated carbocycles. The Labute approximate surface area is 135 Å². The lowest BCUT2D eigenvalue weighted by atomic mass is 9.89. The average molecular weight is 317 g/mol. The maximum absolute atomic E-state index is 14.2. The Balaban J connectivity index is 1.81. The molecule has 122 valence electrons. The van der Waals surface area contributed by atoms with Crippen molar-refractivity contribution in [2.75, 3.05) is 13.1 Å². The van der Waals surface area contributed by atoms with E-state index >= 15 is 0 Å². The lowest BCUT2D eigenvalue weighted by Crippen LogP contribution is -2.27. The highest BCUT2D eigenvalue weighted by Crippen LogP contribution is 2.35. The van der Waals surface area contributed by atoms with Gasteiger partial charge in [0, 0.05) is 11.1 Å². The van der Waals surface area contributed by atoms with Gasteiger partial charge in [0.25, 0.3) is 0 Å². The summed E-state index contributed by atoms with van der Waals surface area (Å²) in [5.74, 6) is -0.150. The molecule has 0 spiro atoms. The summed E-state index contributed by atoms with van der Waals surface area (Å²) in [6.45, 7) is 3.71. The van der Waals surface area contributed by atoms with Crippen LogP contribution in [0.1, 0.15) is 35.4 Å². The van der Waals surface area contributed by atoms with Crippen LogP contribution in [-0.2, 0) is 6.61 Å². The van der Waals surface area contributed by atoms with E-state index in [0.717, 1.165) is 37.1 Å². The Hall–Kier alpha value is -1.94. The zero-order chi connectivity index (χ0) is 16.2.